The van der Waals surface area contributed by atoms with Crippen LogP contribution in [0.1, 0.15) is 39.7 Å². The molecule has 24 heavy (non-hydrogen) atoms. The summed E-state index contributed by atoms with van der Waals surface area (Å²) in [7, 11) is 0. The van der Waals surface area contributed by atoms with Gasteiger partial charge < -0.3 is 14.4 Å². The van der Waals surface area contributed by atoms with Gasteiger partial charge in [0.05, 0.1) is 23.3 Å². The van der Waals surface area contributed by atoms with E-state index in [-0.39, 0.29) is 24.1 Å². The number of likely N-dealkylation sites (tertiary alicyclic amines) is 1. The minimum absolute atomic E-state index is 0.00452. The Bertz CT molecular complexity index is 754. The van der Waals surface area contributed by atoms with Crippen LogP contribution >= 0.6 is 0 Å². The number of aliphatic hydroxyl groups excluding tert-OH is 1. The molecule has 1 aromatic carbocycles. The number of aliphatic hydroxyl groups is 1. The van der Waals surface area contributed by atoms with Crippen LogP contribution in [-0.2, 0) is 6.18 Å². The Morgan fingerprint density at radius 1 is 1.33 bits per heavy atom. The lowest BCUT2D eigenvalue weighted by Gasteiger charge is -2.26. The van der Waals surface area contributed by atoms with Crippen molar-refractivity contribution < 1.29 is 27.5 Å². The molecular formula is C17H16F3NO3. The smallest absolute Gasteiger partial charge is 0.416 e. The lowest BCUT2D eigenvalue weighted by atomic mass is 9.97. The Morgan fingerprint density at radius 2 is 2.04 bits per heavy atom. The summed E-state index contributed by atoms with van der Waals surface area (Å²) in [5, 5.41) is 9.93. The fraction of sp³-hybridized carbons (Fsp3) is 0.353. The summed E-state index contributed by atoms with van der Waals surface area (Å²) in [5.74, 6) is 0.0794. The average molecular weight is 339 g/mol. The molecule has 128 valence electrons. The molecule has 1 N–H and O–H groups in total. The summed E-state index contributed by atoms with van der Waals surface area (Å²) in [6.45, 7) is 1.66. The fourth-order valence-corrected chi connectivity index (χ4v) is 3.10. The summed E-state index contributed by atoms with van der Waals surface area (Å²) in [4.78, 5) is 13.9. The van der Waals surface area contributed by atoms with E-state index < -0.39 is 29.8 Å². The van der Waals surface area contributed by atoms with Gasteiger partial charge in [0.15, 0.2) is 0 Å². The Balaban J connectivity index is 1.99. The molecule has 4 nitrogen and oxygen atoms in total. The molecule has 1 aliphatic heterocycles. The maximum Gasteiger partial charge on any atom is 0.416 e. The molecule has 0 aliphatic carbocycles. The molecule has 0 saturated carbocycles. The minimum atomic E-state index is -4.52. The minimum Gasteiger partial charge on any atom is -0.469 e. The van der Waals surface area contributed by atoms with Gasteiger partial charge in [-0.3, -0.25) is 4.79 Å². The standard InChI is InChI=1S/C17H16F3NO3/c1-10-6-11(9-24-10)16(23)21-8-12(22)7-15(21)13-4-2-3-5-14(13)17(18,19)20/h2-6,9,12,15,22H,7-8H2,1H3/t12-,15-/m0/s1. The zero-order valence-electron chi connectivity index (χ0n) is 12.9. The number of aryl methyl sites for hydroxylation is 1. The van der Waals surface area contributed by atoms with Gasteiger partial charge >= 0.3 is 6.18 Å². The molecule has 0 bridgehead atoms. The van der Waals surface area contributed by atoms with Crippen LogP contribution in [0.2, 0.25) is 0 Å². The van der Waals surface area contributed by atoms with Crippen molar-refractivity contribution in [2.24, 2.45) is 0 Å². The Hall–Kier alpha value is -2.28. The van der Waals surface area contributed by atoms with Crippen molar-refractivity contribution in [3.63, 3.8) is 0 Å². The molecule has 1 aliphatic rings. The van der Waals surface area contributed by atoms with E-state index in [9.17, 15) is 23.1 Å². The monoisotopic (exact) mass is 339 g/mol. The topological polar surface area (TPSA) is 53.7 Å². The van der Waals surface area contributed by atoms with E-state index >= 15 is 0 Å². The summed E-state index contributed by atoms with van der Waals surface area (Å²) in [5.41, 5.74) is -0.531. The van der Waals surface area contributed by atoms with Gasteiger partial charge in [-0.15, -0.1) is 0 Å². The molecular weight excluding hydrogens is 323 g/mol. The molecule has 1 saturated heterocycles. The van der Waals surface area contributed by atoms with E-state index in [1.165, 1.54) is 35.4 Å². The first kappa shape index (κ1) is 16.6. The van der Waals surface area contributed by atoms with Gasteiger partial charge in [0.1, 0.15) is 12.0 Å². The second-order valence-electron chi connectivity index (χ2n) is 5.89. The normalized spacial score (nSPS) is 21.3. The molecule has 1 amide bonds. The molecule has 2 heterocycles. The van der Waals surface area contributed by atoms with Crippen molar-refractivity contribution >= 4 is 5.91 Å². The van der Waals surface area contributed by atoms with E-state index in [1.807, 2.05) is 0 Å². The molecule has 1 aromatic heterocycles. The van der Waals surface area contributed by atoms with Gasteiger partial charge in [0.2, 0.25) is 0 Å². The summed E-state index contributed by atoms with van der Waals surface area (Å²) < 4.78 is 44.9. The number of hydrogen-bond acceptors (Lipinski definition) is 3. The van der Waals surface area contributed by atoms with Gasteiger partial charge in [-0.05, 0) is 31.0 Å². The van der Waals surface area contributed by atoms with Crippen molar-refractivity contribution in [1.82, 2.24) is 4.90 Å². The van der Waals surface area contributed by atoms with Crippen molar-refractivity contribution in [2.45, 2.75) is 31.7 Å². The number of alkyl halides is 3. The summed E-state index contributed by atoms with van der Waals surface area (Å²) in [6.07, 6.45) is -4.05. The Morgan fingerprint density at radius 3 is 2.67 bits per heavy atom. The highest BCUT2D eigenvalue weighted by Crippen LogP contribution is 2.40. The number of nitrogens with zero attached hydrogens (tertiary/aromatic N) is 1. The third-order valence-electron chi connectivity index (χ3n) is 4.14. The zero-order chi connectivity index (χ0) is 17.5. The number of furan rings is 1. The highest BCUT2D eigenvalue weighted by atomic mass is 19.4. The van der Waals surface area contributed by atoms with E-state index in [1.54, 1.807) is 6.92 Å². The van der Waals surface area contributed by atoms with Crippen LogP contribution < -0.4 is 0 Å². The highest BCUT2D eigenvalue weighted by molar-refractivity contribution is 5.94. The van der Waals surface area contributed by atoms with E-state index in [0.717, 1.165) is 6.07 Å². The first-order chi connectivity index (χ1) is 11.3. The Labute approximate surface area is 136 Å². The van der Waals surface area contributed by atoms with Crippen LogP contribution in [0.4, 0.5) is 13.2 Å². The maximum atomic E-state index is 13.3. The van der Waals surface area contributed by atoms with Gasteiger partial charge in [-0.1, -0.05) is 18.2 Å². The number of hydrogen-bond donors (Lipinski definition) is 1. The van der Waals surface area contributed by atoms with Crippen LogP contribution in [0.25, 0.3) is 0 Å². The first-order valence-electron chi connectivity index (χ1n) is 7.47. The SMILES string of the molecule is Cc1cc(C(=O)N2C[C@@H](O)C[C@H]2c2ccccc2C(F)(F)F)co1. The van der Waals surface area contributed by atoms with Crippen molar-refractivity contribution in [3.05, 3.63) is 59.0 Å². The molecule has 1 fully saturated rings. The lowest BCUT2D eigenvalue weighted by molar-refractivity contribution is -0.138. The maximum absolute atomic E-state index is 13.3. The molecule has 0 radical (unpaired) electrons. The third kappa shape index (κ3) is 3.03. The highest BCUT2D eigenvalue weighted by Gasteiger charge is 2.41. The van der Waals surface area contributed by atoms with Gasteiger partial charge in [-0.25, -0.2) is 0 Å². The zero-order valence-corrected chi connectivity index (χ0v) is 12.9. The molecule has 2 aromatic rings. The summed E-state index contributed by atoms with van der Waals surface area (Å²) in [6, 6.07) is 5.85. The van der Waals surface area contributed by atoms with Gasteiger partial charge in [-0.2, -0.15) is 13.2 Å². The van der Waals surface area contributed by atoms with Crippen molar-refractivity contribution in [1.29, 1.82) is 0 Å². The second kappa shape index (κ2) is 5.98. The number of β-amino-alcohol motifs (C(OH)–C–C–N with tert-alkyl or cyclic N) is 1. The van der Waals surface area contributed by atoms with Crippen molar-refractivity contribution in [2.75, 3.05) is 6.54 Å². The second-order valence-corrected chi connectivity index (χ2v) is 5.89. The number of benzene rings is 1. The first-order valence-corrected chi connectivity index (χ1v) is 7.47. The lowest BCUT2D eigenvalue weighted by Crippen LogP contribution is -2.32. The number of halogens is 3. The van der Waals surface area contributed by atoms with Crippen LogP contribution in [-0.4, -0.2) is 28.6 Å². The largest absolute Gasteiger partial charge is 0.469 e. The molecule has 0 spiro atoms. The third-order valence-corrected chi connectivity index (χ3v) is 4.14. The number of amides is 1. The number of rotatable bonds is 2. The predicted molar refractivity (Wildman–Crippen MR) is 79.3 cm³/mol. The molecule has 7 heteroatoms. The van der Waals surface area contributed by atoms with E-state index in [0.29, 0.717) is 5.76 Å². The van der Waals surface area contributed by atoms with Crippen LogP contribution in [0.15, 0.2) is 41.0 Å². The van der Waals surface area contributed by atoms with Gasteiger partial charge in [0.25, 0.3) is 5.91 Å². The van der Waals surface area contributed by atoms with Gasteiger partial charge in [0, 0.05) is 6.54 Å². The fourth-order valence-electron chi connectivity index (χ4n) is 3.10. The van der Waals surface area contributed by atoms with Crippen LogP contribution in [0.5, 0.6) is 0 Å². The van der Waals surface area contributed by atoms with E-state index in [2.05, 4.69) is 0 Å². The molecule has 0 unspecified atom stereocenters. The number of carbonyl (C=O) groups excluding carboxylic acids is 1. The Kier molecular flexibility index (Phi) is 4.13. The number of carbonyl (C=O) groups is 1. The predicted octanol–water partition coefficient (Wildman–Crippen LogP) is 3.55. The summed E-state index contributed by atoms with van der Waals surface area (Å²) >= 11 is 0. The van der Waals surface area contributed by atoms with Crippen LogP contribution in [0, 0.1) is 6.92 Å². The quantitative estimate of drug-likeness (QED) is 0.910. The molecule has 3 rings (SSSR count). The van der Waals surface area contributed by atoms with Crippen molar-refractivity contribution in [3.8, 4) is 0 Å². The van der Waals surface area contributed by atoms with E-state index in [4.69, 9.17) is 4.42 Å². The average Bonchev–Trinajstić information content (AvgIpc) is 3.12. The van der Waals surface area contributed by atoms with Crippen LogP contribution in [0.3, 0.4) is 0 Å². The molecule has 2 atom stereocenters.